The number of benzene rings is 2. The van der Waals surface area contributed by atoms with Crippen molar-refractivity contribution in [3.63, 3.8) is 0 Å². The van der Waals surface area contributed by atoms with Crippen molar-refractivity contribution in [1.82, 2.24) is 10.6 Å². The number of dihydropyridines is 1. The molecule has 12 nitrogen and oxygen atoms in total. The molecule has 2 aromatic carbocycles. The topological polar surface area (TPSA) is 198 Å². The highest BCUT2D eigenvalue weighted by molar-refractivity contribution is 8.76. The minimum absolute atomic E-state index is 0.0373. The Morgan fingerprint density at radius 3 is 2.64 bits per heavy atom. The van der Waals surface area contributed by atoms with E-state index in [-0.39, 0.29) is 40.9 Å². The first-order chi connectivity index (χ1) is 28.5. The van der Waals surface area contributed by atoms with E-state index in [1.807, 2.05) is 30.3 Å². The Morgan fingerprint density at radius 1 is 0.983 bits per heavy atom. The monoisotopic (exact) mass is 840 g/mol. The molecule has 10 atom stereocenters. The van der Waals surface area contributed by atoms with E-state index in [4.69, 9.17) is 9.47 Å². The van der Waals surface area contributed by atoms with Crippen molar-refractivity contribution in [2.45, 2.75) is 74.8 Å². The van der Waals surface area contributed by atoms with Crippen LogP contribution in [0.5, 0.6) is 5.75 Å². The molecule has 2 spiro atoms. The number of rotatable bonds is 4. The van der Waals surface area contributed by atoms with Crippen molar-refractivity contribution in [3.05, 3.63) is 123 Å². The molecule has 59 heavy (non-hydrogen) atoms. The standard InChI is InChI=1S/C45H48N2O10S2/c48-20-25-5-1-4-24(14-25)15-26-16-31-37(51)29-7-2-8-32-36(29)38(52)44(31,34(50)17-26)22-58-59-23-47-35-18-30-27(19-46-35)9-10-28-6-3-12-43(28,30)33-11-13-42(21-49)41(54)45(33,55)39(53)40(56-32)57-42/h1-2,4-5,7-8,11,13-14,16-18,28,31,33,39-41,46-50,53-55H,3,6,9-10,12,15,19-23H2/t28-,31+,33-,39-,40+,41+,42+,43+,44-,45+/m0/s1. The van der Waals surface area contributed by atoms with Crippen LogP contribution in [0.2, 0.25) is 0 Å². The molecule has 8 N–H and O–H groups in total. The third-order valence-corrected chi connectivity index (χ3v) is 16.8. The zero-order valence-electron chi connectivity index (χ0n) is 32.3. The summed E-state index contributed by atoms with van der Waals surface area (Å²) in [5, 5.41) is 77.3. The van der Waals surface area contributed by atoms with Gasteiger partial charge in [0.25, 0.3) is 0 Å². The number of aliphatic hydroxyl groups is 6. The normalized spacial score (nSPS) is 38.4. The Balaban J connectivity index is 1.11. The minimum Gasteiger partial charge on any atom is -0.511 e. The van der Waals surface area contributed by atoms with Gasteiger partial charge in [0, 0.05) is 29.2 Å². The summed E-state index contributed by atoms with van der Waals surface area (Å²) < 4.78 is 12.7. The molecule has 2 aromatic rings. The molecular formula is C45H48N2O10S2. The predicted molar refractivity (Wildman–Crippen MR) is 221 cm³/mol. The van der Waals surface area contributed by atoms with Crippen LogP contribution in [0.15, 0.2) is 101 Å². The molecule has 5 aliphatic carbocycles. The molecular weight excluding hydrogens is 793 g/mol. The van der Waals surface area contributed by atoms with Crippen LogP contribution in [0.3, 0.4) is 0 Å². The molecule has 7 bridgehead atoms. The molecule has 0 radical (unpaired) electrons. The number of fused-ring (bicyclic) bond motifs is 2. The van der Waals surface area contributed by atoms with Gasteiger partial charge in [-0.3, -0.25) is 9.59 Å². The molecule has 2 fully saturated rings. The van der Waals surface area contributed by atoms with E-state index in [9.17, 15) is 35.4 Å². The number of nitrogens with one attached hydrogen (secondary N) is 2. The van der Waals surface area contributed by atoms with Crippen LogP contribution in [0.4, 0.5) is 0 Å². The average Bonchev–Trinajstić information content (AvgIpc) is 3.69. The van der Waals surface area contributed by atoms with Crippen molar-refractivity contribution in [3.8, 4) is 5.75 Å². The van der Waals surface area contributed by atoms with Gasteiger partial charge in [0.1, 0.15) is 40.3 Å². The van der Waals surface area contributed by atoms with E-state index in [0.717, 1.165) is 48.2 Å². The lowest BCUT2D eigenvalue weighted by Gasteiger charge is -2.62. The second kappa shape index (κ2) is 14.4. The second-order valence-electron chi connectivity index (χ2n) is 17.3. The largest absolute Gasteiger partial charge is 0.511 e. The minimum atomic E-state index is -2.27. The van der Waals surface area contributed by atoms with Crippen LogP contribution in [-0.4, -0.2) is 96.7 Å². The number of carbonyl (C=O) groups excluding carboxylic acids is 2. The maximum atomic E-state index is 15.3. The molecule has 8 aliphatic rings. The molecule has 310 valence electrons. The van der Waals surface area contributed by atoms with Gasteiger partial charge < -0.3 is 50.7 Å². The second-order valence-corrected chi connectivity index (χ2v) is 19.8. The first-order valence-electron chi connectivity index (χ1n) is 20.4. The van der Waals surface area contributed by atoms with Crippen molar-refractivity contribution in [2.75, 3.05) is 24.8 Å². The van der Waals surface area contributed by atoms with Crippen LogP contribution in [0.1, 0.15) is 63.9 Å². The van der Waals surface area contributed by atoms with Crippen molar-refractivity contribution >= 4 is 33.2 Å². The highest BCUT2D eigenvalue weighted by atomic mass is 33.1. The van der Waals surface area contributed by atoms with E-state index in [1.165, 1.54) is 33.2 Å². The van der Waals surface area contributed by atoms with Gasteiger partial charge in [-0.15, -0.1) is 0 Å². The Bertz CT molecular complexity index is 2290. The van der Waals surface area contributed by atoms with Crippen LogP contribution >= 0.6 is 21.6 Å². The third-order valence-electron chi connectivity index (χ3n) is 14.6. The summed E-state index contributed by atoms with van der Waals surface area (Å²) in [5.41, 5.74) is -1.96. The summed E-state index contributed by atoms with van der Waals surface area (Å²) in [7, 11) is 2.83. The number of carbonyl (C=O) groups is 2. The van der Waals surface area contributed by atoms with Crippen LogP contribution in [-0.2, 0) is 17.8 Å². The van der Waals surface area contributed by atoms with Gasteiger partial charge in [-0.2, -0.15) is 0 Å². The fourth-order valence-corrected chi connectivity index (χ4v) is 14.0. The number of aliphatic hydroxyl groups excluding tert-OH is 5. The van der Waals surface area contributed by atoms with E-state index >= 15 is 4.79 Å². The quantitative estimate of drug-likeness (QED) is 0.161. The molecule has 0 unspecified atom stereocenters. The van der Waals surface area contributed by atoms with Crippen LogP contribution < -0.4 is 15.4 Å². The first kappa shape index (κ1) is 39.3. The maximum absolute atomic E-state index is 15.3. The highest BCUT2D eigenvalue weighted by Crippen LogP contribution is 2.65. The zero-order valence-corrected chi connectivity index (χ0v) is 33.9. The van der Waals surface area contributed by atoms with Gasteiger partial charge in [0.15, 0.2) is 11.6 Å². The molecule has 3 heterocycles. The average molecular weight is 841 g/mol. The Kier molecular flexibility index (Phi) is 9.57. The number of ether oxygens (including phenoxy) is 2. The van der Waals surface area contributed by atoms with Gasteiger partial charge in [0.05, 0.1) is 36.4 Å². The van der Waals surface area contributed by atoms with Gasteiger partial charge >= 0.3 is 0 Å². The van der Waals surface area contributed by atoms with Gasteiger partial charge in [0.2, 0.25) is 6.29 Å². The Hall–Kier alpha value is -3.86. The number of ketones is 2. The summed E-state index contributed by atoms with van der Waals surface area (Å²) in [5.74, 6) is -1.77. The van der Waals surface area contributed by atoms with Gasteiger partial charge in [-0.05, 0) is 84.1 Å². The summed E-state index contributed by atoms with van der Waals surface area (Å²) in [6.07, 6.45) is 8.18. The summed E-state index contributed by atoms with van der Waals surface area (Å²) in [6, 6.07) is 12.0. The number of hydrogen-bond donors (Lipinski definition) is 8. The molecule has 0 aromatic heterocycles. The fourth-order valence-electron chi connectivity index (χ4n) is 11.7. The van der Waals surface area contributed by atoms with Crippen LogP contribution in [0.25, 0.3) is 0 Å². The first-order valence-corrected chi connectivity index (χ1v) is 22.9. The van der Waals surface area contributed by atoms with E-state index in [1.54, 1.807) is 30.4 Å². The molecule has 0 amide bonds. The SMILES string of the molecule is O=C1c2cccc3c2C(=O)[C@]2(CSSCNC4=CC5=C(CC[C@@H]6CCC[C@]56[C@@H]5C=C[C@]6(CO)O[C@@H](O3)[C@H](O)[C@@]5(O)[C@@H]6O)CN4)C(O)=CC(Cc3cccc(CO)c3)=C[C@H]12. The molecule has 10 rings (SSSR count). The fraction of sp³-hybridized carbons (Fsp3) is 0.467. The number of hydrogen-bond acceptors (Lipinski definition) is 14. The lowest BCUT2D eigenvalue weighted by Crippen LogP contribution is -2.78. The zero-order chi connectivity index (χ0) is 40.9. The third kappa shape index (κ3) is 5.60. The maximum Gasteiger partial charge on any atom is 0.230 e. The molecule has 1 saturated heterocycles. The van der Waals surface area contributed by atoms with Crippen LogP contribution in [0, 0.1) is 28.6 Å². The smallest absolute Gasteiger partial charge is 0.230 e. The van der Waals surface area contributed by atoms with Crippen molar-refractivity contribution in [2.24, 2.45) is 28.6 Å². The van der Waals surface area contributed by atoms with Gasteiger partial charge in [-0.1, -0.05) is 82.6 Å². The number of allylic oxidation sites excluding steroid dienone is 6. The summed E-state index contributed by atoms with van der Waals surface area (Å²) in [4.78, 5) is 30.1. The molecule has 3 aliphatic heterocycles. The highest BCUT2D eigenvalue weighted by Gasteiger charge is 2.71. The van der Waals surface area contributed by atoms with E-state index < -0.39 is 70.5 Å². The Labute approximate surface area is 349 Å². The summed E-state index contributed by atoms with van der Waals surface area (Å²) in [6.45, 7) is -0.281. The van der Waals surface area contributed by atoms with Crippen molar-refractivity contribution in [1.29, 1.82) is 0 Å². The molecule has 1 saturated carbocycles. The Morgan fingerprint density at radius 2 is 1.81 bits per heavy atom. The lowest BCUT2D eigenvalue weighted by molar-refractivity contribution is -0.356. The summed E-state index contributed by atoms with van der Waals surface area (Å²) >= 11 is 0. The van der Waals surface area contributed by atoms with Gasteiger partial charge in [-0.25, -0.2) is 0 Å². The van der Waals surface area contributed by atoms with E-state index in [2.05, 4.69) is 16.7 Å². The predicted octanol–water partition coefficient (Wildman–Crippen LogP) is 4.15. The van der Waals surface area contributed by atoms with E-state index in [0.29, 0.717) is 30.8 Å². The number of Topliss-reactive ketones (excluding diaryl/α,β-unsaturated/α-hetero) is 2. The molecule has 14 heteroatoms. The van der Waals surface area contributed by atoms with Crippen molar-refractivity contribution < 1.29 is 49.7 Å². The lowest BCUT2D eigenvalue weighted by atomic mass is 9.50.